The number of hydrogen-bond donors (Lipinski definition) is 0. The van der Waals surface area contributed by atoms with Crippen molar-refractivity contribution in [1.82, 2.24) is 14.8 Å². The molecule has 0 amide bonds. The summed E-state index contributed by atoms with van der Waals surface area (Å²) in [4.78, 5) is 3.99. The molecule has 0 fully saturated rings. The molecule has 5 nitrogen and oxygen atoms in total. The molecule has 2 aromatic carbocycles. The van der Waals surface area contributed by atoms with Crippen molar-refractivity contribution in [2.24, 2.45) is 0 Å². The zero-order valence-electron chi connectivity index (χ0n) is 10.8. The number of rotatable bonds is 3. The van der Waals surface area contributed by atoms with Crippen molar-refractivity contribution >= 4 is 0 Å². The Labute approximate surface area is 119 Å². The molecule has 0 aliphatic rings. The van der Waals surface area contributed by atoms with Gasteiger partial charge in [0.25, 0.3) is 0 Å². The Balaban J connectivity index is 1.89. The van der Waals surface area contributed by atoms with Crippen LogP contribution in [0.3, 0.4) is 0 Å². The van der Waals surface area contributed by atoms with Crippen molar-refractivity contribution in [3.8, 4) is 23.5 Å². The summed E-state index contributed by atoms with van der Waals surface area (Å²) in [6, 6.07) is 15.3. The average Bonchev–Trinajstić information content (AvgIpc) is 2.97. The van der Waals surface area contributed by atoms with E-state index < -0.39 is 5.82 Å². The van der Waals surface area contributed by atoms with E-state index in [9.17, 15) is 4.39 Å². The second-order valence-corrected chi connectivity index (χ2v) is 4.13. The van der Waals surface area contributed by atoms with Crippen molar-refractivity contribution in [2.45, 2.75) is 0 Å². The van der Waals surface area contributed by atoms with Crippen LogP contribution in [-0.2, 0) is 0 Å². The van der Waals surface area contributed by atoms with Gasteiger partial charge in [-0.25, -0.2) is 9.07 Å². The molecular formula is C15H9FN4O. The number of aromatic nitrogens is 3. The van der Waals surface area contributed by atoms with Gasteiger partial charge >= 0.3 is 6.01 Å². The highest BCUT2D eigenvalue weighted by molar-refractivity contribution is 5.44. The molecule has 0 saturated heterocycles. The average molecular weight is 280 g/mol. The lowest BCUT2D eigenvalue weighted by atomic mass is 10.2. The van der Waals surface area contributed by atoms with Crippen LogP contribution in [0.15, 0.2) is 54.9 Å². The molecule has 21 heavy (non-hydrogen) atoms. The molecule has 1 aromatic heterocycles. The number of benzene rings is 2. The van der Waals surface area contributed by atoms with Gasteiger partial charge < -0.3 is 4.74 Å². The maximum atomic E-state index is 13.5. The van der Waals surface area contributed by atoms with Crippen LogP contribution in [0.5, 0.6) is 11.8 Å². The fourth-order valence-corrected chi connectivity index (χ4v) is 1.80. The second kappa shape index (κ2) is 5.43. The van der Waals surface area contributed by atoms with Crippen LogP contribution in [0.2, 0.25) is 0 Å². The Kier molecular flexibility index (Phi) is 3.31. The lowest BCUT2D eigenvalue weighted by molar-refractivity contribution is 0.436. The molecule has 102 valence electrons. The lowest BCUT2D eigenvalue weighted by Crippen LogP contribution is -1.96. The summed E-state index contributed by atoms with van der Waals surface area (Å²) in [5.74, 6) is -0.555. The van der Waals surface area contributed by atoms with Crippen LogP contribution in [-0.4, -0.2) is 14.8 Å². The van der Waals surface area contributed by atoms with Crippen LogP contribution < -0.4 is 4.74 Å². The molecule has 3 rings (SSSR count). The molecule has 0 aliphatic heterocycles. The largest absolute Gasteiger partial charge is 0.422 e. The number of hydrogen-bond acceptors (Lipinski definition) is 4. The van der Waals surface area contributed by atoms with E-state index in [0.29, 0.717) is 0 Å². The van der Waals surface area contributed by atoms with Crippen LogP contribution in [0.4, 0.5) is 4.39 Å². The molecule has 0 spiro atoms. The summed E-state index contributed by atoms with van der Waals surface area (Å²) < 4.78 is 20.4. The fraction of sp³-hybridized carbons (Fsp3) is 0. The van der Waals surface area contributed by atoms with Gasteiger partial charge in [-0.1, -0.05) is 24.3 Å². The van der Waals surface area contributed by atoms with Crippen LogP contribution in [0, 0.1) is 17.1 Å². The van der Waals surface area contributed by atoms with Gasteiger partial charge in [0.2, 0.25) is 0 Å². The topological polar surface area (TPSA) is 63.7 Å². The van der Waals surface area contributed by atoms with E-state index in [1.54, 1.807) is 6.07 Å². The van der Waals surface area contributed by atoms with Crippen molar-refractivity contribution in [2.75, 3.05) is 0 Å². The van der Waals surface area contributed by atoms with Crippen LogP contribution >= 0.6 is 0 Å². The van der Waals surface area contributed by atoms with E-state index in [0.717, 1.165) is 5.69 Å². The van der Waals surface area contributed by atoms with E-state index >= 15 is 0 Å². The Morgan fingerprint density at radius 1 is 1.10 bits per heavy atom. The van der Waals surface area contributed by atoms with Gasteiger partial charge in [0, 0.05) is 0 Å². The first-order chi connectivity index (χ1) is 10.3. The molecule has 6 heteroatoms. The second-order valence-electron chi connectivity index (χ2n) is 4.13. The number of para-hydroxylation sites is 1. The summed E-state index contributed by atoms with van der Waals surface area (Å²) in [6.45, 7) is 0. The molecule has 3 aromatic rings. The summed E-state index contributed by atoms with van der Waals surface area (Å²) in [5.41, 5.74) is 0.646. The fourth-order valence-electron chi connectivity index (χ4n) is 1.80. The maximum Gasteiger partial charge on any atom is 0.341 e. The summed E-state index contributed by atoms with van der Waals surface area (Å²) in [5, 5.41) is 13.1. The zero-order chi connectivity index (χ0) is 14.7. The quantitative estimate of drug-likeness (QED) is 0.739. The number of nitrogens with zero attached hydrogens (tertiary/aromatic N) is 4. The van der Waals surface area contributed by atoms with Crippen molar-refractivity contribution in [1.29, 1.82) is 5.26 Å². The molecule has 0 radical (unpaired) electrons. The smallest absolute Gasteiger partial charge is 0.341 e. The monoisotopic (exact) mass is 280 g/mol. The predicted octanol–water partition coefficient (Wildman–Crippen LogP) is 3.07. The molecular weight excluding hydrogens is 271 g/mol. The van der Waals surface area contributed by atoms with Gasteiger partial charge in [-0.15, -0.1) is 5.10 Å². The van der Waals surface area contributed by atoms with Gasteiger partial charge in [-0.05, 0) is 24.3 Å². The Bertz CT molecular complexity index is 808. The van der Waals surface area contributed by atoms with Crippen molar-refractivity contribution in [3.63, 3.8) is 0 Å². The van der Waals surface area contributed by atoms with Crippen molar-refractivity contribution < 1.29 is 9.13 Å². The Hall–Kier alpha value is -3.20. The molecule has 0 atom stereocenters. The lowest BCUT2D eigenvalue weighted by Gasteiger charge is -2.03. The standard InChI is InChI=1S/C15H9FN4O/c16-13-7-4-8-14(12(13)9-17)21-15-18-10-20(19-15)11-5-2-1-3-6-11/h1-8,10H. The van der Waals surface area contributed by atoms with Crippen LogP contribution in [0.1, 0.15) is 5.56 Å². The third-order valence-electron chi connectivity index (χ3n) is 2.78. The van der Waals surface area contributed by atoms with Gasteiger partial charge in [0.15, 0.2) is 5.75 Å². The van der Waals surface area contributed by atoms with Gasteiger partial charge in [0.05, 0.1) is 5.69 Å². The number of halogens is 1. The number of nitriles is 1. The summed E-state index contributed by atoms with van der Waals surface area (Å²) in [6.07, 6.45) is 1.48. The van der Waals surface area contributed by atoms with Crippen molar-refractivity contribution in [3.05, 3.63) is 66.2 Å². The minimum atomic E-state index is -0.641. The van der Waals surface area contributed by atoms with E-state index in [-0.39, 0.29) is 17.3 Å². The van der Waals surface area contributed by atoms with Gasteiger partial charge in [-0.2, -0.15) is 10.2 Å². The highest BCUT2D eigenvalue weighted by atomic mass is 19.1. The van der Waals surface area contributed by atoms with Crippen LogP contribution in [0.25, 0.3) is 5.69 Å². The summed E-state index contributed by atoms with van der Waals surface area (Å²) in [7, 11) is 0. The Morgan fingerprint density at radius 2 is 1.90 bits per heavy atom. The highest BCUT2D eigenvalue weighted by Gasteiger charge is 2.12. The third-order valence-corrected chi connectivity index (χ3v) is 2.78. The summed E-state index contributed by atoms with van der Waals surface area (Å²) >= 11 is 0. The Morgan fingerprint density at radius 3 is 2.67 bits per heavy atom. The first-order valence-electron chi connectivity index (χ1n) is 6.11. The molecule has 0 unspecified atom stereocenters. The molecule has 0 N–H and O–H groups in total. The number of ether oxygens (including phenoxy) is 1. The van der Waals surface area contributed by atoms with E-state index in [1.165, 1.54) is 29.2 Å². The minimum absolute atomic E-state index is 0.0425. The SMILES string of the molecule is N#Cc1c(F)cccc1Oc1ncn(-c2ccccc2)n1. The van der Waals surface area contributed by atoms with E-state index in [1.807, 2.05) is 30.3 Å². The third kappa shape index (κ3) is 2.58. The minimum Gasteiger partial charge on any atom is -0.422 e. The predicted molar refractivity (Wildman–Crippen MR) is 72.5 cm³/mol. The maximum absolute atomic E-state index is 13.5. The zero-order valence-corrected chi connectivity index (χ0v) is 10.8. The molecule has 1 heterocycles. The molecule has 0 saturated carbocycles. The molecule has 0 aliphatic carbocycles. The normalized spacial score (nSPS) is 10.1. The first-order valence-corrected chi connectivity index (χ1v) is 6.11. The van der Waals surface area contributed by atoms with Gasteiger partial charge in [0.1, 0.15) is 23.8 Å². The highest BCUT2D eigenvalue weighted by Crippen LogP contribution is 2.24. The first kappa shape index (κ1) is 12.8. The van der Waals surface area contributed by atoms with Gasteiger partial charge in [-0.3, -0.25) is 0 Å². The molecule has 0 bridgehead atoms. The van der Waals surface area contributed by atoms with E-state index in [4.69, 9.17) is 10.00 Å². The van der Waals surface area contributed by atoms with E-state index in [2.05, 4.69) is 10.1 Å².